The number of rotatable bonds is 4. The molecule has 0 amide bonds. The summed E-state index contributed by atoms with van der Waals surface area (Å²) in [5.41, 5.74) is 0.923. The summed E-state index contributed by atoms with van der Waals surface area (Å²) < 4.78 is 60.7. The maximum absolute atomic E-state index is 13.9. The van der Waals surface area contributed by atoms with E-state index in [2.05, 4.69) is 20.7 Å². The van der Waals surface area contributed by atoms with Crippen LogP contribution in [0.15, 0.2) is 45.8 Å². The smallest absolute Gasteiger partial charge is 0.264 e. The Morgan fingerprint density at radius 3 is 2.52 bits per heavy atom. The van der Waals surface area contributed by atoms with E-state index >= 15 is 0 Å². The molecule has 25 heavy (non-hydrogen) atoms. The van der Waals surface area contributed by atoms with Crippen molar-refractivity contribution in [3.63, 3.8) is 0 Å². The molecule has 0 atom stereocenters. The van der Waals surface area contributed by atoms with E-state index in [0.717, 1.165) is 12.1 Å². The molecule has 1 fully saturated rings. The van der Waals surface area contributed by atoms with Crippen LogP contribution < -0.4 is 9.62 Å². The van der Waals surface area contributed by atoms with Crippen molar-refractivity contribution in [3.05, 3.63) is 52.5 Å². The van der Waals surface area contributed by atoms with Gasteiger partial charge in [0.2, 0.25) is 0 Å². The van der Waals surface area contributed by atoms with Crippen LogP contribution in [0.4, 0.5) is 20.2 Å². The number of hydrogen-bond donors (Lipinski definition) is 1. The molecular weight excluding hydrogens is 418 g/mol. The molecular formula is C16H15BrF2N2O3S. The van der Waals surface area contributed by atoms with Crippen LogP contribution in [0.3, 0.4) is 0 Å². The monoisotopic (exact) mass is 432 g/mol. The molecule has 1 aliphatic rings. The Bertz CT molecular complexity index is 887. The first-order valence-corrected chi connectivity index (χ1v) is 9.74. The van der Waals surface area contributed by atoms with E-state index in [4.69, 9.17) is 4.74 Å². The van der Waals surface area contributed by atoms with Crippen LogP contribution in [0.2, 0.25) is 0 Å². The lowest BCUT2D eigenvalue weighted by molar-refractivity contribution is 0.123. The molecule has 2 aromatic carbocycles. The first kappa shape index (κ1) is 18.1. The molecule has 0 spiro atoms. The minimum atomic E-state index is -4.29. The normalized spacial score (nSPS) is 15.2. The van der Waals surface area contributed by atoms with Gasteiger partial charge in [0.25, 0.3) is 10.0 Å². The highest BCUT2D eigenvalue weighted by atomic mass is 79.9. The molecule has 1 saturated heterocycles. The molecule has 5 nitrogen and oxygen atoms in total. The average Bonchev–Trinajstić information content (AvgIpc) is 2.57. The fourth-order valence-corrected chi connectivity index (χ4v) is 4.07. The molecule has 0 aromatic heterocycles. The van der Waals surface area contributed by atoms with E-state index in [-0.39, 0.29) is 5.69 Å². The van der Waals surface area contributed by atoms with Crippen LogP contribution in [0.5, 0.6) is 0 Å². The average molecular weight is 433 g/mol. The summed E-state index contributed by atoms with van der Waals surface area (Å²) in [4.78, 5) is 1.23. The van der Waals surface area contributed by atoms with Crippen molar-refractivity contribution in [1.29, 1.82) is 0 Å². The number of halogens is 3. The number of ether oxygens (including phenoxy) is 1. The zero-order valence-corrected chi connectivity index (χ0v) is 15.4. The second-order valence-corrected chi connectivity index (χ2v) is 8.01. The second-order valence-electron chi connectivity index (χ2n) is 5.44. The summed E-state index contributed by atoms with van der Waals surface area (Å²) in [7, 11) is -4.29. The van der Waals surface area contributed by atoms with Gasteiger partial charge in [-0.3, -0.25) is 4.72 Å². The fraction of sp³-hybridized carbons (Fsp3) is 0.250. The Balaban J connectivity index is 1.99. The summed E-state index contributed by atoms with van der Waals surface area (Å²) in [6.45, 7) is 2.26. The second kappa shape index (κ2) is 7.27. The standard InChI is InChI=1S/C16H15BrF2N2O3S/c17-11-1-4-15(21-5-7-24-8-6-21)14(9-11)20-25(22,23)16-10-12(18)2-3-13(16)19/h1-4,9-10,20H,5-8H2. The number of nitrogens with zero attached hydrogens (tertiary/aromatic N) is 1. The SMILES string of the molecule is O=S(=O)(Nc1cc(Br)ccc1N1CCOCC1)c1cc(F)ccc1F. The Labute approximate surface area is 152 Å². The van der Waals surface area contributed by atoms with Crippen LogP contribution in [0.1, 0.15) is 0 Å². The van der Waals surface area contributed by atoms with E-state index < -0.39 is 26.6 Å². The largest absolute Gasteiger partial charge is 0.378 e. The molecule has 0 bridgehead atoms. The topological polar surface area (TPSA) is 58.6 Å². The first-order valence-electron chi connectivity index (χ1n) is 7.47. The molecule has 1 heterocycles. The first-order chi connectivity index (χ1) is 11.9. The van der Waals surface area contributed by atoms with Crippen molar-refractivity contribution in [2.24, 2.45) is 0 Å². The summed E-state index contributed by atoms with van der Waals surface area (Å²) in [5.74, 6) is -1.85. The third-order valence-corrected chi connectivity index (χ3v) is 5.61. The zero-order valence-electron chi connectivity index (χ0n) is 13.0. The maximum Gasteiger partial charge on any atom is 0.264 e. The van der Waals surface area contributed by atoms with E-state index in [1.54, 1.807) is 18.2 Å². The molecule has 0 saturated carbocycles. The minimum absolute atomic E-state index is 0.278. The number of nitrogens with one attached hydrogen (secondary N) is 1. The van der Waals surface area contributed by atoms with Crippen LogP contribution in [0.25, 0.3) is 0 Å². The number of sulfonamides is 1. The minimum Gasteiger partial charge on any atom is -0.378 e. The van der Waals surface area contributed by atoms with Gasteiger partial charge in [-0.2, -0.15) is 0 Å². The third-order valence-electron chi connectivity index (χ3n) is 3.74. The van der Waals surface area contributed by atoms with Crippen molar-refractivity contribution < 1.29 is 21.9 Å². The third kappa shape index (κ3) is 4.10. The summed E-state index contributed by atoms with van der Waals surface area (Å²) in [5, 5.41) is 0. The number of hydrogen-bond acceptors (Lipinski definition) is 4. The van der Waals surface area contributed by atoms with Gasteiger partial charge in [0.1, 0.15) is 16.5 Å². The Hall–Kier alpha value is -1.71. The Morgan fingerprint density at radius 1 is 1.08 bits per heavy atom. The van der Waals surface area contributed by atoms with Crippen LogP contribution >= 0.6 is 15.9 Å². The van der Waals surface area contributed by atoms with E-state index in [1.807, 2.05) is 4.90 Å². The van der Waals surface area contributed by atoms with Gasteiger partial charge >= 0.3 is 0 Å². The molecule has 0 aliphatic carbocycles. The highest BCUT2D eigenvalue weighted by Crippen LogP contribution is 2.32. The highest BCUT2D eigenvalue weighted by molar-refractivity contribution is 9.10. The lowest BCUT2D eigenvalue weighted by atomic mass is 10.2. The molecule has 0 unspecified atom stereocenters. The van der Waals surface area contributed by atoms with Gasteiger partial charge in [-0.1, -0.05) is 15.9 Å². The van der Waals surface area contributed by atoms with Gasteiger partial charge in [0.05, 0.1) is 24.6 Å². The van der Waals surface area contributed by atoms with Gasteiger partial charge in [0, 0.05) is 17.6 Å². The van der Waals surface area contributed by atoms with Crippen molar-refractivity contribution >= 4 is 37.3 Å². The predicted molar refractivity (Wildman–Crippen MR) is 94.3 cm³/mol. The van der Waals surface area contributed by atoms with Crippen LogP contribution in [-0.4, -0.2) is 34.7 Å². The summed E-state index contributed by atoms with van der Waals surface area (Å²) in [6, 6.07) is 7.43. The van der Waals surface area contributed by atoms with E-state index in [0.29, 0.717) is 42.5 Å². The Kier molecular flexibility index (Phi) is 5.26. The molecule has 134 valence electrons. The van der Waals surface area contributed by atoms with Gasteiger partial charge in [-0.25, -0.2) is 17.2 Å². The lowest BCUT2D eigenvalue weighted by Gasteiger charge is -2.30. The molecule has 0 radical (unpaired) electrons. The molecule has 2 aromatic rings. The zero-order chi connectivity index (χ0) is 18.0. The van der Waals surface area contributed by atoms with Crippen LogP contribution in [0, 0.1) is 11.6 Å². The van der Waals surface area contributed by atoms with Crippen LogP contribution in [-0.2, 0) is 14.8 Å². The van der Waals surface area contributed by atoms with Crippen molar-refractivity contribution in [2.75, 3.05) is 35.9 Å². The highest BCUT2D eigenvalue weighted by Gasteiger charge is 2.23. The number of morpholine rings is 1. The lowest BCUT2D eigenvalue weighted by Crippen LogP contribution is -2.36. The number of benzene rings is 2. The fourth-order valence-electron chi connectivity index (χ4n) is 2.55. The Morgan fingerprint density at radius 2 is 1.80 bits per heavy atom. The van der Waals surface area contributed by atoms with E-state index in [9.17, 15) is 17.2 Å². The molecule has 9 heteroatoms. The molecule has 1 N–H and O–H groups in total. The van der Waals surface area contributed by atoms with E-state index in [1.165, 1.54) is 0 Å². The van der Waals surface area contributed by atoms with Crippen molar-refractivity contribution in [2.45, 2.75) is 4.90 Å². The molecule has 3 rings (SSSR count). The summed E-state index contributed by atoms with van der Waals surface area (Å²) in [6.07, 6.45) is 0. The molecule has 1 aliphatic heterocycles. The number of anilines is 2. The van der Waals surface area contributed by atoms with Crippen molar-refractivity contribution in [1.82, 2.24) is 0 Å². The van der Waals surface area contributed by atoms with Gasteiger partial charge in [-0.05, 0) is 36.4 Å². The van der Waals surface area contributed by atoms with Gasteiger partial charge < -0.3 is 9.64 Å². The predicted octanol–water partition coefficient (Wildman–Crippen LogP) is 3.36. The maximum atomic E-state index is 13.9. The van der Waals surface area contributed by atoms with Gasteiger partial charge in [-0.15, -0.1) is 0 Å². The van der Waals surface area contributed by atoms with Crippen molar-refractivity contribution in [3.8, 4) is 0 Å². The van der Waals surface area contributed by atoms with Gasteiger partial charge in [0.15, 0.2) is 0 Å². The quantitative estimate of drug-likeness (QED) is 0.804. The summed E-state index contributed by atoms with van der Waals surface area (Å²) >= 11 is 3.30.